The molecule has 0 amide bonds. The van der Waals surface area contributed by atoms with E-state index in [0.717, 1.165) is 36.6 Å². The molecule has 1 atom stereocenters. The van der Waals surface area contributed by atoms with E-state index in [-0.39, 0.29) is 6.04 Å². The van der Waals surface area contributed by atoms with E-state index in [1.54, 1.807) is 0 Å². The Morgan fingerprint density at radius 2 is 1.75 bits per heavy atom. The Morgan fingerprint density at radius 1 is 1.19 bits per heavy atom. The summed E-state index contributed by atoms with van der Waals surface area (Å²) in [6.45, 7) is 7.58. The molecule has 0 saturated heterocycles. The average Bonchev–Trinajstić information content (AvgIpc) is 2.31. The molecule has 0 spiro atoms. The molecule has 1 aromatic carbocycles. The van der Waals surface area contributed by atoms with Crippen molar-refractivity contribution < 1.29 is 0 Å². The maximum Gasteiger partial charge on any atom is 0.0406 e. The first-order valence-corrected chi connectivity index (χ1v) is 6.28. The Labute approximate surface area is 103 Å². The Balaban J connectivity index is 2.46. The van der Waals surface area contributed by atoms with Gasteiger partial charge in [0.1, 0.15) is 0 Å². The van der Waals surface area contributed by atoms with Gasteiger partial charge in [-0.1, -0.05) is 37.6 Å². The number of rotatable bonds is 6. The van der Waals surface area contributed by atoms with Crippen LogP contribution in [0.3, 0.4) is 0 Å². The van der Waals surface area contributed by atoms with Crippen molar-refractivity contribution in [1.29, 1.82) is 0 Å². The van der Waals surface area contributed by atoms with Crippen molar-refractivity contribution in [3.63, 3.8) is 0 Å². The normalized spacial score (nSPS) is 13.1. The minimum atomic E-state index is 0.109. The van der Waals surface area contributed by atoms with Gasteiger partial charge in [0.15, 0.2) is 0 Å². The summed E-state index contributed by atoms with van der Waals surface area (Å²) in [4.78, 5) is 2.38. The van der Waals surface area contributed by atoms with Crippen LogP contribution in [0.4, 0.5) is 0 Å². The number of halogens is 1. The molecule has 0 bridgehead atoms. The highest BCUT2D eigenvalue weighted by atomic mass is 35.5. The van der Waals surface area contributed by atoms with Crippen LogP contribution in [-0.2, 0) is 0 Å². The summed E-state index contributed by atoms with van der Waals surface area (Å²) in [6, 6.07) is 7.92. The molecule has 1 aromatic rings. The summed E-state index contributed by atoms with van der Waals surface area (Å²) in [5.74, 6) is 0. The van der Waals surface area contributed by atoms with Gasteiger partial charge in [0.2, 0.25) is 0 Å². The lowest BCUT2D eigenvalue weighted by molar-refractivity contribution is 0.291. The lowest BCUT2D eigenvalue weighted by atomic mass is 10.0. The molecule has 2 nitrogen and oxygen atoms in total. The van der Waals surface area contributed by atoms with Gasteiger partial charge >= 0.3 is 0 Å². The topological polar surface area (TPSA) is 29.3 Å². The first-order chi connectivity index (χ1) is 7.67. The fourth-order valence-corrected chi connectivity index (χ4v) is 1.86. The first kappa shape index (κ1) is 13.5. The summed E-state index contributed by atoms with van der Waals surface area (Å²) in [5, 5.41) is 0.764. The Kier molecular flexibility index (Phi) is 5.81. The van der Waals surface area contributed by atoms with Crippen LogP contribution in [0.1, 0.15) is 31.9 Å². The van der Waals surface area contributed by atoms with Crippen molar-refractivity contribution in [2.75, 3.05) is 19.6 Å². The van der Waals surface area contributed by atoms with Gasteiger partial charge in [-0.05, 0) is 43.8 Å². The lowest BCUT2D eigenvalue weighted by Gasteiger charge is -2.20. The third kappa shape index (κ3) is 4.12. The summed E-state index contributed by atoms with van der Waals surface area (Å²) >= 11 is 5.84. The van der Waals surface area contributed by atoms with E-state index >= 15 is 0 Å². The zero-order valence-corrected chi connectivity index (χ0v) is 10.9. The van der Waals surface area contributed by atoms with Crippen LogP contribution in [0.2, 0.25) is 5.02 Å². The minimum absolute atomic E-state index is 0.109. The van der Waals surface area contributed by atoms with Crippen LogP contribution in [0.15, 0.2) is 24.3 Å². The van der Waals surface area contributed by atoms with Crippen molar-refractivity contribution in [3.8, 4) is 0 Å². The highest BCUT2D eigenvalue weighted by Gasteiger charge is 2.07. The number of benzene rings is 1. The molecule has 1 rings (SSSR count). The lowest BCUT2D eigenvalue weighted by Crippen LogP contribution is -2.27. The van der Waals surface area contributed by atoms with E-state index in [2.05, 4.69) is 18.7 Å². The zero-order chi connectivity index (χ0) is 12.0. The molecule has 0 heterocycles. The molecule has 0 saturated carbocycles. The Hall–Kier alpha value is -0.570. The van der Waals surface area contributed by atoms with E-state index < -0.39 is 0 Å². The molecule has 0 radical (unpaired) electrons. The molecule has 0 aliphatic carbocycles. The third-order valence-electron chi connectivity index (χ3n) is 2.95. The highest BCUT2D eigenvalue weighted by Crippen LogP contribution is 2.17. The maximum atomic E-state index is 6.13. The molecule has 0 aliphatic rings. The molecular weight excluding hydrogens is 220 g/mol. The van der Waals surface area contributed by atoms with Gasteiger partial charge in [-0.15, -0.1) is 0 Å². The number of hydrogen-bond donors (Lipinski definition) is 1. The summed E-state index contributed by atoms with van der Waals surface area (Å²) in [6.07, 6.45) is 0.989. The second kappa shape index (κ2) is 6.89. The van der Waals surface area contributed by atoms with Gasteiger partial charge in [-0.3, -0.25) is 0 Å². The molecule has 0 aliphatic heterocycles. The molecule has 2 N–H and O–H groups in total. The summed E-state index contributed by atoms with van der Waals surface area (Å²) < 4.78 is 0. The van der Waals surface area contributed by atoms with Crippen LogP contribution in [0.5, 0.6) is 0 Å². The molecule has 16 heavy (non-hydrogen) atoms. The quantitative estimate of drug-likeness (QED) is 0.828. The van der Waals surface area contributed by atoms with Crippen LogP contribution < -0.4 is 5.73 Å². The molecule has 0 aromatic heterocycles. The van der Waals surface area contributed by atoms with Gasteiger partial charge in [0.05, 0.1) is 0 Å². The predicted octanol–water partition coefficient (Wildman–Crippen LogP) is 3.07. The van der Waals surface area contributed by atoms with Crippen molar-refractivity contribution in [2.45, 2.75) is 26.3 Å². The second-order valence-electron chi connectivity index (χ2n) is 3.97. The van der Waals surface area contributed by atoms with Crippen molar-refractivity contribution >= 4 is 11.6 Å². The van der Waals surface area contributed by atoms with Crippen LogP contribution in [-0.4, -0.2) is 24.5 Å². The van der Waals surface area contributed by atoms with Crippen LogP contribution in [0.25, 0.3) is 0 Å². The standard InChI is InChI=1S/C13H21ClN2/c1-3-16(4-2)10-9-13(15)11-5-7-12(14)8-6-11/h5-8,13H,3-4,9-10,15H2,1-2H3. The van der Waals surface area contributed by atoms with Gasteiger partial charge < -0.3 is 10.6 Å². The minimum Gasteiger partial charge on any atom is -0.324 e. The third-order valence-corrected chi connectivity index (χ3v) is 3.20. The Bertz CT molecular complexity index is 293. The first-order valence-electron chi connectivity index (χ1n) is 5.90. The highest BCUT2D eigenvalue weighted by molar-refractivity contribution is 6.30. The number of hydrogen-bond acceptors (Lipinski definition) is 2. The molecular formula is C13H21ClN2. The number of nitrogens with zero attached hydrogens (tertiary/aromatic N) is 1. The summed E-state index contributed by atoms with van der Waals surface area (Å²) in [5.41, 5.74) is 7.30. The van der Waals surface area contributed by atoms with Gasteiger partial charge in [0, 0.05) is 11.1 Å². The zero-order valence-electron chi connectivity index (χ0n) is 10.1. The number of nitrogens with two attached hydrogens (primary N) is 1. The molecule has 90 valence electrons. The van der Waals surface area contributed by atoms with E-state index in [4.69, 9.17) is 17.3 Å². The predicted molar refractivity (Wildman–Crippen MR) is 70.8 cm³/mol. The fourth-order valence-electron chi connectivity index (χ4n) is 1.74. The van der Waals surface area contributed by atoms with Gasteiger partial charge in [0.25, 0.3) is 0 Å². The molecule has 1 unspecified atom stereocenters. The van der Waals surface area contributed by atoms with E-state index in [9.17, 15) is 0 Å². The summed E-state index contributed by atoms with van der Waals surface area (Å²) in [7, 11) is 0. The van der Waals surface area contributed by atoms with E-state index in [1.807, 2.05) is 24.3 Å². The van der Waals surface area contributed by atoms with E-state index in [0.29, 0.717) is 0 Å². The second-order valence-corrected chi connectivity index (χ2v) is 4.41. The van der Waals surface area contributed by atoms with Gasteiger partial charge in [-0.2, -0.15) is 0 Å². The van der Waals surface area contributed by atoms with Crippen LogP contribution in [0, 0.1) is 0 Å². The van der Waals surface area contributed by atoms with Crippen molar-refractivity contribution in [3.05, 3.63) is 34.9 Å². The monoisotopic (exact) mass is 240 g/mol. The average molecular weight is 241 g/mol. The van der Waals surface area contributed by atoms with Gasteiger partial charge in [-0.25, -0.2) is 0 Å². The SMILES string of the molecule is CCN(CC)CCC(N)c1ccc(Cl)cc1. The van der Waals surface area contributed by atoms with Crippen molar-refractivity contribution in [2.24, 2.45) is 5.73 Å². The fraction of sp³-hybridized carbons (Fsp3) is 0.538. The van der Waals surface area contributed by atoms with E-state index in [1.165, 1.54) is 0 Å². The molecule has 0 fully saturated rings. The van der Waals surface area contributed by atoms with Crippen LogP contribution >= 0.6 is 11.6 Å². The smallest absolute Gasteiger partial charge is 0.0406 e. The molecule has 3 heteroatoms. The largest absolute Gasteiger partial charge is 0.324 e. The maximum absolute atomic E-state index is 6.13. The van der Waals surface area contributed by atoms with Crippen molar-refractivity contribution in [1.82, 2.24) is 4.90 Å². The Morgan fingerprint density at radius 3 is 2.25 bits per heavy atom.